The number of para-hydroxylation sites is 1. The second-order valence-corrected chi connectivity index (χ2v) is 11.9. The van der Waals surface area contributed by atoms with Crippen LogP contribution in [0.4, 0.5) is 5.69 Å². The molecule has 3 fully saturated rings. The number of pyridine rings is 1. The monoisotopic (exact) mass is 578 g/mol. The number of anilines is 1. The summed E-state index contributed by atoms with van der Waals surface area (Å²) < 4.78 is 5.64. The molecule has 0 unspecified atom stereocenters. The third-order valence-electron chi connectivity index (χ3n) is 9.03. The number of benzene rings is 3. The summed E-state index contributed by atoms with van der Waals surface area (Å²) in [6.45, 7) is 1.53. The molecule has 4 aromatic rings. The van der Waals surface area contributed by atoms with Crippen LogP contribution < -0.4 is 4.90 Å². The Kier molecular flexibility index (Phi) is 6.43. The van der Waals surface area contributed by atoms with Crippen LogP contribution in [0, 0.1) is 23.7 Å². The van der Waals surface area contributed by atoms with Gasteiger partial charge in [0.15, 0.2) is 6.10 Å². The van der Waals surface area contributed by atoms with E-state index in [0.717, 1.165) is 19.3 Å². The Hall–Kier alpha value is -4.36. The van der Waals surface area contributed by atoms with Crippen molar-refractivity contribution in [2.45, 2.75) is 32.3 Å². The topological polar surface area (TPSA) is 93.6 Å². The summed E-state index contributed by atoms with van der Waals surface area (Å²) in [6, 6.07) is 22.5. The number of ketones is 1. The second-order valence-electron chi connectivity index (χ2n) is 11.4. The molecule has 2 saturated carbocycles. The molecule has 3 aliphatic rings. The predicted octanol–water partition coefficient (Wildman–Crippen LogP) is 6.52. The Morgan fingerprint density at radius 1 is 0.905 bits per heavy atom. The Labute approximate surface area is 247 Å². The first kappa shape index (κ1) is 26.5. The average molecular weight is 579 g/mol. The van der Waals surface area contributed by atoms with Crippen LogP contribution in [0.1, 0.15) is 46.9 Å². The molecule has 210 valence electrons. The van der Waals surface area contributed by atoms with Gasteiger partial charge in [0, 0.05) is 21.5 Å². The highest BCUT2D eigenvalue weighted by molar-refractivity contribution is 6.31. The summed E-state index contributed by atoms with van der Waals surface area (Å²) in [4.78, 5) is 59.4. The molecule has 2 amide bonds. The van der Waals surface area contributed by atoms with Crippen molar-refractivity contribution >= 4 is 51.8 Å². The summed E-state index contributed by atoms with van der Waals surface area (Å²) in [5.41, 5.74) is 2.82. The Morgan fingerprint density at radius 2 is 1.62 bits per heavy atom. The van der Waals surface area contributed by atoms with Crippen LogP contribution in [-0.2, 0) is 14.3 Å². The van der Waals surface area contributed by atoms with Crippen molar-refractivity contribution in [2.24, 2.45) is 23.7 Å². The van der Waals surface area contributed by atoms with Crippen molar-refractivity contribution in [2.75, 3.05) is 4.90 Å². The number of Topliss-reactive ketones (excluding diaryl/α,β-unsaturated/α-hetero) is 1. The van der Waals surface area contributed by atoms with Gasteiger partial charge in [0.2, 0.25) is 17.6 Å². The molecule has 42 heavy (non-hydrogen) atoms. The molecule has 2 heterocycles. The van der Waals surface area contributed by atoms with Crippen molar-refractivity contribution in [3.8, 4) is 11.3 Å². The van der Waals surface area contributed by atoms with E-state index in [1.54, 1.807) is 60.7 Å². The highest BCUT2D eigenvalue weighted by atomic mass is 35.5. The first-order valence-corrected chi connectivity index (χ1v) is 14.6. The highest BCUT2D eigenvalue weighted by Crippen LogP contribution is 2.56. The number of esters is 1. The zero-order valence-electron chi connectivity index (χ0n) is 22.8. The van der Waals surface area contributed by atoms with Crippen molar-refractivity contribution in [3.63, 3.8) is 0 Å². The lowest BCUT2D eigenvalue weighted by molar-refractivity contribution is -0.123. The minimum atomic E-state index is -1.04. The summed E-state index contributed by atoms with van der Waals surface area (Å²) in [5, 5.41) is 0.997. The third-order valence-corrected chi connectivity index (χ3v) is 9.26. The molecule has 0 radical (unpaired) electrons. The molecule has 0 N–H and O–H groups in total. The van der Waals surface area contributed by atoms with E-state index in [4.69, 9.17) is 21.3 Å². The zero-order chi connectivity index (χ0) is 29.1. The second kappa shape index (κ2) is 10.2. The number of aromatic nitrogens is 1. The zero-order valence-corrected chi connectivity index (χ0v) is 23.6. The van der Waals surface area contributed by atoms with Gasteiger partial charge in [0.1, 0.15) is 0 Å². The molecule has 2 bridgehead atoms. The van der Waals surface area contributed by atoms with Crippen molar-refractivity contribution in [1.29, 1.82) is 0 Å². The predicted molar refractivity (Wildman–Crippen MR) is 158 cm³/mol. The van der Waals surface area contributed by atoms with Gasteiger partial charge in [-0.25, -0.2) is 9.78 Å². The SMILES string of the molecule is C[C@@H](OC(=O)c1cc(-c2cccc(N3C(=O)[C@@H]4[C@@H]5CC[C@H](C5)[C@@H]4C3=O)c2)nc2ccccc12)C(=O)c1cccc(Cl)c1. The molecule has 5 atom stereocenters. The molecule has 1 aromatic heterocycles. The molecule has 1 saturated heterocycles. The van der Waals surface area contributed by atoms with E-state index in [-0.39, 0.29) is 35.0 Å². The molecule has 7 nitrogen and oxygen atoms in total. The van der Waals surface area contributed by atoms with Gasteiger partial charge in [-0.05, 0) is 74.4 Å². The van der Waals surface area contributed by atoms with Crippen LogP contribution in [0.15, 0.2) is 78.9 Å². The van der Waals surface area contributed by atoms with E-state index in [1.165, 1.54) is 17.9 Å². The van der Waals surface area contributed by atoms with Gasteiger partial charge in [-0.15, -0.1) is 0 Å². The summed E-state index contributed by atoms with van der Waals surface area (Å²) in [6.07, 6.45) is 1.96. The highest BCUT2D eigenvalue weighted by Gasteiger charge is 2.61. The molecular formula is C34H27ClN2O5. The van der Waals surface area contributed by atoms with Gasteiger partial charge < -0.3 is 4.74 Å². The quantitative estimate of drug-likeness (QED) is 0.147. The average Bonchev–Trinajstić information content (AvgIpc) is 3.69. The minimum absolute atomic E-state index is 0.108. The van der Waals surface area contributed by atoms with Crippen molar-refractivity contribution in [1.82, 2.24) is 4.98 Å². The molecule has 3 aromatic carbocycles. The fourth-order valence-corrected chi connectivity index (χ4v) is 7.30. The van der Waals surface area contributed by atoms with E-state index in [1.807, 2.05) is 12.1 Å². The molecule has 8 heteroatoms. The number of carbonyl (C=O) groups excluding carboxylic acids is 4. The maximum Gasteiger partial charge on any atom is 0.339 e. The van der Waals surface area contributed by atoms with Gasteiger partial charge in [0.25, 0.3) is 0 Å². The lowest BCUT2D eigenvalue weighted by atomic mass is 9.81. The largest absolute Gasteiger partial charge is 0.451 e. The van der Waals surface area contributed by atoms with Crippen molar-refractivity contribution in [3.05, 3.63) is 95.0 Å². The minimum Gasteiger partial charge on any atom is -0.451 e. The Balaban J connectivity index is 1.21. The number of carbonyl (C=O) groups is 4. The summed E-state index contributed by atoms with van der Waals surface area (Å²) >= 11 is 6.04. The van der Waals surface area contributed by atoms with Gasteiger partial charge in [0.05, 0.1) is 34.3 Å². The number of fused-ring (bicyclic) bond motifs is 6. The lowest BCUT2D eigenvalue weighted by Gasteiger charge is -2.19. The van der Waals surface area contributed by atoms with E-state index in [2.05, 4.69) is 0 Å². The van der Waals surface area contributed by atoms with Crippen LogP contribution in [-0.4, -0.2) is 34.7 Å². The maximum atomic E-state index is 13.5. The Bertz CT molecular complexity index is 1770. The molecule has 7 rings (SSSR count). The molecule has 1 aliphatic heterocycles. The van der Waals surface area contributed by atoms with Gasteiger partial charge in [-0.1, -0.05) is 54.1 Å². The standard InChI is InChI=1S/C34H27ClN2O5/c1-18(31(38)22-7-4-8-23(35)15-22)42-34(41)26-17-28(36-27-11-3-2-10-25(26)27)19-6-5-9-24(16-19)37-32(39)29-20-12-13-21(14-20)30(29)33(37)40/h2-11,15-18,20-21,29-30H,12-14H2,1H3/t18-,20-,21-,29-,30+/m1/s1. The number of hydrogen-bond acceptors (Lipinski definition) is 6. The van der Waals surface area contributed by atoms with Gasteiger partial charge >= 0.3 is 5.97 Å². The first-order chi connectivity index (χ1) is 20.3. The van der Waals surface area contributed by atoms with Gasteiger partial charge in [-0.3, -0.25) is 19.3 Å². The molecule has 0 spiro atoms. The molecular weight excluding hydrogens is 552 g/mol. The summed E-state index contributed by atoms with van der Waals surface area (Å²) in [5.74, 6) is -1.07. The first-order valence-electron chi connectivity index (χ1n) is 14.2. The summed E-state index contributed by atoms with van der Waals surface area (Å²) in [7, 11) is 0. The van der Waals surface area contributed by atoms with Crippen LogP contribution in [0.2, 0.25) is 5.02 Å². The Morgan fingerprint density at radius 3 is 2.36 bits per heavy atom. The van der Waals surface area contributed by atoms with E-state index >= 15 is 0 Å². The van der Waals surface area contributed by atoms with E-state index in [0.29, 0.717) is 50.3 Å². The number of imide groups is 1. The van der Waals surface area contributed by atoms with Crippen LogP contribution in [0.3, 0.4) is 0 Å². The van der Waals surface area contributed by atoms with Crippen LogP contribution in [0.25, 0.3) is 22.2 Å². The fraction of sp³-hybridized carbons (Fsp3) is 0.265. The van der Waals surface area contributed by atoms with Crippen molar-refractivity contribution < 1.29 is 23.9 Å². The fourth-order valence-electron chi connectivity index (χ4n) is 7.11. The number of halogens is 1. The number of amides is 2. The number of nitrogens with zero attached hydrogens (tertiary/aromatic N) is 2. The lowest BCUT2D eigenvalue weighted by Crippen LogP contribution is -2.32. The van der Waals surface area contributed by atoms with E-state index < -0.39 is 12.1 Å². The molecule has 2 aliphatic carbocycles. The third kappa shape index (κ3) is 4.31. The number of hydrogen-bond donors (Lipinski definition) is 0. The maximum absolute atomic E-state index is 13.5. The van der Waals surface area contributed by atoms with E-state index in [9.17, 15) is 19.2 Å². The smallest absolute Gasteiger partial charge is 0.339 e. The van der Waals surface area contributed by atoms with Crippen LogP contribution in [0.5, 0.6) is 0 Å². The van der Waals surface area contributed by atoms with Crippen LogP contribution >= 0.6 is 11.6 Å². The number of rotatable bonds is 6. The number of ether oxygens (including phenoxy) is 1. The normalized spacial score (nSPS) is 23.3. The van der Waals surface area contributed by atoms with Gasteiger partial charge in [-0.2, -0.15) is 0 Å².